The Kier molecular flexibility index (Phi) is 4.88. The SMILES string of the molecule is O=C(C(O)c1ccccc1)N1CCC(Oc2ccncc2)CC1. The monoisotopic (exact) mass is 312 g/mol. The Balaban J connectivity index is 1.53. The summed E-state index contributed by atoms with van der Waals surface area (Å²) in [5, 5.41) is 10.2. The zero-order chi connectivity index (χ0) is 16.1. The van der Waals surface area contributed by atoms with E-state index in [0.29, 0.717) is 18.7 Å². The average Bonchev–Trinajstić information content (AvgIpc) is 2.63. The molecule has 3 rings (SSSR count). The number of aromatic nitrogens is 1. The Labute approximate surface area is 135 Å². The minimum Gasteiger partial charge on any atom is -0.490 e. The first-order valence-electron chi connectivity index (χ1n) is 7.82. The number of ether oxygens (including phenoxy) is 1. The molecule has 5 nitrogen and oxygen atoms in total. The first-order valence-corrected chi connectivity index (χ1v) is 7.82. The summed E-state index contributed by atoms with van der Waals surface area (Å²) in [5.74, 6) is 0.563. The van der Waals surface area contributed by atoms with Gasteiger partial charge in [0.2, 0.25) is 0 Å². The van der Waals surface area contributed by atoms with E-state index in [9.17, 15) is 9.90 Å². The van der Waals surface area contributed by atoms with Gasteiger partial charge in [0.25, 0.3) is 5.91 Å². The topological polar surface area (TPSA) is 62.7 Å². The molecule has 0 radical (unpaired) electrons. The van der Waals surface area contributed by atoms with Crippen molar-refractivity contribution in [1.29, 1.82) is 0 Å². The van der Waals surface area contributed by atoms with Gasteiger partial charge in [-0.1, -0.05) is 30.3 Å². The first kappa shape index (κ1) is 15.5. The third kappa shape index (κ3) is 3.87. The third-order valence-electron chi connectivity index (χ3n) is 4.06. The fourth-order valence-electron chi connectivity index (χ4n) is 2.75. The lowest BCUT2D eigenvalue weighted by Crippen LogP contribution is -2.43. The lowest BCUT2D eigenvalue weighted by molar-refractivity contribution is -0.142. The highest BCUT2D eigenvalue weighted by Gasteiger charge is 2.28. The molecule has 2 aromatic rings. The number of rotatable bonds is 4. The van der Waals surface area contributed by atoms with Gasteiger partial charge in [-0.2, -0.15) is 0 Å². The number of carbonyl (C=O) groups is 1. The maximum atomic E-state index is 12.4. The number of carbonyl (C=O) groups excluding carboxylic acids is 1. The lowest BCUT2D eigenvalue weighted by atomic mass is 10.0. The summed E-state index contributed by atoms with van der Waals surface area (Å²) in [6.07, 6.45) is 3.92. The Morgan fingerprint density at radius 3 is 2.43 bits per heavy atom. The van der Waals surface area contributed by atoms with Crippen LogP contribution in [0.5, 0.6) is 5.75 Å². The molecule has 1 aliphatic heterocycles. The van der Waals surface area contributed by atoms with Crippen LogP contribution in [0.25, 0.3) is 0 Å². The van der Waals surface area contributed by atoms with Crippen LogP contribution < -0.4 is 4.74 Å². The molecule has 1 aromatic carbocycles. The molecule has 0 saturated carbocycles. The van der Waals surface area contributed by atoms with Gasteiger partial charge >= 0.3 is 0 Å². The minimum absolute atomic E-state index is 0.0929. The third-order valence-corrected chi connectivity index (χ3v) is 4.06. The number of hydrogen-bond donors (Lipinski definition) is 1. The molecule has 1 amide bonds. The van der Waals surface area contributed by atoms with Crippen molar-refractivity contribution < 1.29 is 14.6 Å². The van der Waals surface area contributed by atoms with Crippen molar-refractivity contribution in [1.82, 2.24) is 9.88 Å². The van der Waals surface area contributed by atoms with E-state index < -0.39 is 6.10 Å². The van der Waals surface area contributed by atoms with Gasteiger partial charge < -0.3 is 14.7 Å². The number of likely N-dealkylation sites (tertiary alicyclic amines) is 1. The number of hydrogen-bond acceptors (Lipinski definition) is 4. The van der Waals surface area contributed by atoms with Crippen LogP contribution in [0.4, 0.5) is 0 Å². The van der Waals surface area contributed by atoms with E-state index in [1.165, 1.54) is 0 Å². The Bertz CT molecular complexity index is 625. The lowest BCUT2D eigenvalue weighted by Gasteiger charge is -2.33. The number of nitrogens with zero attached hydrogens (tertiary/aromatic N) is 2. The van der Waals surface area contributed by atoms with Crippen LogP contribution in [0.2, 0.25) is 0 Å². The molecule has 1 unspecified atom stereocenters. The molecule has 2 heterocycles. The van der Waals surface area contributed by atoms with Crippen LogP contribution in [-0.2, 0) is 4.79 Å². The summed E-state index contributed by atoms with van der Waals surface area (Å²) in [4.78, 5) is 18.1. The molecule has 1 fully saturated rings. The van der Waals surface area contributed by atoms with Crippen LogP contribution >= 0.6 is 0 Å². The van der Waals surface area contributed by atoms with Crippen LogP contribution in [0.15, 0.2) is 54.9 Å². The molecule has 1 N–H and O–H groups in total. The van der Waals surface area contributed by atoms with Crippen LogP contribution in [0.1, 0.15) is 24.5 Å². The Morgan fingerprint density at radius 2 is 1.78 bits per heavy atom. The van der Waals surface area contributed by atoms with Crippen molar-refractivity contribution in [3.05, 3.63) is 60.4 Å². The summed E-state index contributed by atoms with van der Waals surface area (Å²) in [6, 6.07) is 12.7. The van der Waals surface area contributed by atoms with Crippen molar-refractivity contribution in [2.24, 2.45) is 0 Å². The molecular weight excluding hydrogens is 292 g/mol. The van der Waals surface area contributed by atoms with Crippen molar-refractivity contribution in [2.75, 3.05) is 13.1 Å². The van der Waals surface area contributed by atoms with E-state index in [2.05, 4.69) is 4.98 Å². The highest BCUT2D eigenvalue weighted by molar-refractivity contribution is 5.82. The first-order chi connectivity index (χ1) is 11.2. The highest BCUT2D eigenvalue weighted by Crippen LogP contribution is 2.21. The molecule has 5 heteroatoms. The van der Waals surface area contributed by atoms with Gasteiger partial charge in [0.15, 0.2) is 6.10 Å². The Hall–Kier alpha value is -2.40. The summed E-state index contributed by atoms with van der Waals surface area (Å²) >= 11 is 0. The normalized spacial score (nSPS) is 16.8. The standard InChI is InChI=1S/C18H20N2O3/c21-17(14-4-2-1-3-5-14)18(22)20-12-8-16(9-13-20)23-15-6-10-19-11-7-15/h1-7,10-11,16-17,21H,8-9,12-13H2. The molecule has 1 aliphatic rings. The van der Waals surface area contributed by atoms with Gasteiger partial charge in [-0.25, -0.2) is 0 Å². The van der Waals surface area contributed by atoms with E-state index in [1.807, 2.05) is 30.3 Å². The van der Waals surface area contributed by atoms with Gasteiger partial charge in [-0.15, -0.1) is 0 Å². The van der Waals surface area contributed by atoms with Gasteiger partial charge in [-0.3, -0.25) is 9.78 Å². The van der Waals surface area contributed by atoms with Crippen molar-refractivity contribution in [3.63, 3.8) is 0 Å². The fraction of sp³-hybridized carbons (Fsp3) is 0.333. The quantitative estimate of drug-likeness (QED) is 0.940. The van der Waals surface area contributed by atoms with E-state index >= 15 is 0 Å². The summed E-state index contributed by atoms with van der Waals surface area (Å²) < 4.78 is 5.89. The van der Waals surface area contributed by atoms with Gasteiger partial charge in [0.05, 0.1) is 0 Å². The second kappa shape index (κ2) is 7.24. The molecule has 1 atom stereocenters. The second-order valence-corrected chi connectivity index (χ2v) is 5.64. The maximum absolute atomic E-state index is 12.4. The highest BCUT2D eigenvalue weighted by atomic mass is 16.5. The number of aliphatic hydroxyl groups excluding tert-OH is 1. The average molecular weight is 312 g/mol. The van der Waals surface area contributed by atoms with Crippen molar-refractivity contribution in [2.45, 2.75) is 25.0 Å². The number of piperidine rings is 1. The number of benzene rings is 1. The smallest absolute Gasteiger partial charge is 0.256 e. The molecular formula is C18H20N2O3. The van der Waals surface area contributed by atoms with Gasteiger partial charge in [-0.05, 0) is 17.7 Å². The fourth-order valence-corrected chi connectivity index (χ4v) is 2.75. The van der Waals surface area contributed by atoms with E-state index in [-0.39, 0.29) is 12.0 Å². The molecule has 1 saturated heterocycles. The van der Waals surface area contributed by atoms with E-state index in [4.69, 9.17) is 4.74 Å². The molecule has 0 bridgehead atoms. The van der Waals surface area contributed by atoms with Crippen LogP contribution in [0.3, 0.4) is 0 Å². The predicted octanol–water partition coefficient (Wildman–Crippen LogP) is 2.18. The molecule has 120 valence electrons. The van der Waals surface area contributed by atoms with Crippen molar-refractivity contribution in [3.8, 4) is 5.75 Å². The molecule has 0 spiro atoms. The van der Waals surface area contributed by atoms with E-state index in [1.54, 1.807) is 29.4 Å². The molecule has 1 aromatic heterocycles. The minimum atomic E-state index is -1.09. The molecule has 0 aliphatic carbocycles. The number of amides is 1. The van der Waals surface area contributed by atoms with Crippen LogP contribution in [0, 0.1) is 0 Å². The van der Waals surface area contributed by atoms with Crippen LogP contribution in [-0.4, -0.2) is 40.1 Å². The number of pyridine rings is 1. The number of aliphatic hydroxyl groups is 1. The van der Waals surface area contributed by atoms with Crippen molar-refractivity contribution >= 4 is 5.91 Å². The zero-order valence-corrected chi connectivity index (χ0v) is 12.8. The summed E-state index contributed by atoms with van der Waals surface area (Å²) in [5.41, 5.74) is 0.632. The van der Waals surface area contributed by atoms with E-state index in [0.717, 1.165) is 18.6 Å². The summed E-state index contributed by atoms with van der Waals surface area (Å²) in [7, 11) is 0. The maximum Gasteiger partial charge on any atom is 0.256 e. The second-order valence-electron chi connectivity index (χ2n) is 5.64. The van der Waals surface area contributed by atoms with Gasteiger partial charge in [0.1, 0.15) is 11.9 Å². The largest absolute Gasteiger partial charge is 0.490 e. The van der Waals surface area contributed by atoms with Gasteiger partial charge in [0, 0.05) is 38.3 Å². The summed E-state index contributed by atoms with van der Waals surface area (Å²) in [6.45, 7) is 1.19. The predicted molar refractivity (Wildman–Crippen MR) is 85.9 cm³/mol. The zero-order valence-electron chi connectivity index (χ0n) is 12.8. The molecule has 23 heavy (non-hydrogen) atoms. The Morgan fingerprint density at radius 1 is 1.13 bits per heavy atom.